The zero-order valence-electron chi connectivity index (χ0n) is 11.2. The second-order valence-electron chi connectivity index (χ2n) is 4.79. The summed E-state index contributed by atoms with van der Waals surface area (Å²) < 4.78 is 0. The van der Waals surface area contributed by atoms with Crippen LogP contribution in [0.4, 0.5) is 0 Å². The Morgan fingerprint density at radius 1 is 1.39 bits per heavy atom. The van der Waals surface area contributed by atoms with Crippen molar-refractivity contribution in [3.63, 3.8) is 0 Å². The van der Waals surface area contributed by atoms with Gasteiger partial charge < -0.3 is 10.6 Å². The van der Waals surface area contributed by atoms with Gasteiger partial charge in [0.15, 0.2) is 5.96 Å². The molecule has 1 heterocycles. The van der Waals surface area contributed by atoms with Gasteiger partial charge in [-0.15, -0.1) is 0 Å². The van der Waals surface area contributed by atoms with Crippen LogP contribution in [0.25, 0.3) is 0 Å². The van der Waals surface area contributed by atoms with Crippen molar-refractivity contribution >= 4 is 5.96 Å². The third kappa shape index (κ3) is 4.35. The van der Waals surface area contributed by atoms with E-state index in [4.69, 9.17) is 0 Å². The quantitative estimate of drug-likeness (QED) is 0.616. The zero-order chi connectivity index (χ0) is 12.8. The molecule has 1 aliphatic carbocycles. The second kappa shape index (κ2) is 6.38. The monoisotopic (exact) mass is 246 g/mol. The Bertz CT molecular complexity index is 410. The first-order valence-corrected chi connectivity index (χ1v) is 6.72. The zero-order valence-corrected chi connectivity index (χ0v) is 11.2. The third-order valence-electron chi connectivity index (χ3n) is 2.94. The molecular formula is C14H22N4. The summed E-state index contributed by atoms with van der Waals surface area (Å²) in [5.41, 5.74) is 2.05. The van der Waals surface area contributed by atoms with E-state index in [1.807, 2.05) is 25.1 Å². The van der Waals surface area contributed by atoms with Gasteiger partial charge in [0, 0.05) is 18.8 Å². The molecule has 0 bridgehead atoms. The summed E-state index contributed by atoms with van der Waals surface area (Å²) in [6.45, 7) is 6.63. The molecule has 0 amide bonds. The second-order valence-corrected chi connectivity index (χ2v) is 4.79. The summed E-state index contributed by atoms with van der Waals surface area (Å²) >= 11 is 0. The fourth-order valence-corrected chi connectivity index (χ4v) is 1.75. The van der Waals surface area contributed by atoms with Gasteiger partial charge in [-0.2, -0.15) is 0 Å². The van der Waals surface area contributed by atoms with Crippen LogP contribution in [0.15, 0.2) is 23.2 Å². The first kappa shape index (κ1) is 12.9. The van der Waals surface area contributed by atoms with E-state index in [2.05, 4.69) is 27.5 Å². The molecule has 1 fully saturated rings. The Morgan fingerprint density at radius 3 is 2.89 bits per heavy atom. The number of aromatic nitrogens is 1. The van der Waals surface area contributed by atoms with Crippen LogP contribution in [0.1, 0.15) is 31.2 Å². The number of hydrogen-bond acceptors (Lipinski definition) is 2. The molecule has 1 aromatic heterocycles. The molecule has 1 saturated carbocycles. The first-order chi connectivity index (χ1) is 8.78. The Kier molecular flexibility index (Phi) is 4.56. The average molecular weight is 246 g/mol. The fraction of sp³-hybridized carbons (Fsp3) is 0.571. The molecule has 98 valence electrons. The molecule has 0 unspecified atom stereocenters. The highest BCUT2D eigenvalue weighted by atomic mass is 15.2. The molecule has 0 aromatic carbocycles. The Morgan fingerprint density at radius 2 is 2.22 bits per heavy atom. The predicted molar refractivity (Wildman–Crippen MR) is 74.5 cm³/mol. The van der Waals surface area contributed by atoms with Crippen LogP contribution in [-0.4, -0.2) is 24.0 Å². The van der Waals surface area contributed by atoms with E-state index < -0.39 is 0 Å². The lowest BCUT2D eigenvalue weighted by atomic mass is 10.3. The molecule has 4 nitrogen and oxygen atoms in total. The lowest BCUT2D eigenvalue weighted by molar-refractivity contribution is 0.738. The van der Waals surface area contributed by atoms with E-state index in [0.717, 1.165) is 36.4 Å². The van der Waals surface area contributed by atoms with Gasteiger partial charge in [-0.25, -0.2) is 4.99 Å². The standard InChI is InChI=1S/C14H22N4/c1-3-15-14(16-9-12-7-8-12)17-10-13-6-4-5-11(2)18-13/h4-6,12H,3,7-10H2,1-2H3,(H2,15,16,17). The smallest absolute Gasteiger partial charge is 0.191 e. The Labute approximate surface area is 109 Å². The van der Waals surface area contributed by atoms with Gasteiger partial charge in [0.1, 0.15) is 0 Å². The van der Waals surface area contributed by atoms with Crippen molar-refractivity contribution in [2.75, 3.05) is 13.1 Å². The number of aliphatic imine (C=N–C) groups is 1. The van der Waals surface area contributed by atoms with E-state index in [1.54, 1.807) is 0 Å². The molecule has 2 rings (SSSR count). The van der Waals surface area contributed by atoms with Crippen molar-refractivity contribution in [2.24, 2.45) is 10.9 Å². The SMILES string of the molecule is CCNC(=NCc1cccc(C)n1)NCC1CC1. The highest BCUT2D eigenvalue weighted by molar-refractivity contribution is 5.79. The number of rotatable bonds is 5. The van der Waals surface area contributed by atoms with Crippen LogP contribution in [-0.2, 0) is 6.54 Å². The molecule has 0 aliphatic heterocycles. The number of hydrogen-bond donors (Lipinski definition) is 2. The van der Waals surface area contributed by atoms with Gasteiger partial charge >= 0.3 is 0 Å². The predicted octanol–water partition coefficient (Wildman–Crippen LogP) is 1.86. The normalized spacial score (nSPS) is 15.6. The van der Waals surface area contributed by atoms with Gasteiger partial charge in [-0.3, -0.25) is 4.98 Å². The van der Waals surface area contributed by atoms with E-state index >= 15 is 0 Å². The number of guanidine groups is 1. The summed E-state index contributed by atoms with van der Waals surface area (Å²) in [4.78, 5) is 9.01. The van der Waals surface area contributed by atoms with Crippen molar-refractivity contribution in [3.05, 3.63) is 29.6 Å². The molecule has 1 aromatic rings. The molecule has 18 heavy (non-hydrogen) atoms. The maximum Gasteiger partial charge on any atom is 0.191 e. The topological polar surface area (TPSA) is 49.3 Å². The van der Waals surface area contributed by atoms with Crippen molar-refractivity contribution < 1.29 is 0 Å². The highest BCUT2D eigenvalue weighted by Crippen LogP contribution is 2.27. The molecule has 2 N–H and O–H groups in total. The molecule has 0 saturated heterocycles. The van der Waals surface area contributed by atoms with Crippen molar-refractivity contribution in [1.82, 2.24) is 15.6 Å². The molecule has 0 atom stereocenters. The maximum absolute atomic E-state index is 4.56. The summed E-state index contributed by atoms with van der Waals surface area (Å²) in [5.74, 6) is 1.75. The number of aryl methyl sites for hydroxylation is 1. The molecule has 4 heteroatoms. The highest BCUT2D eigenvalue weighted by Gasteiger charge is 2.20. The summed E-state index contributed by atoms with van der Waals surface area (Å²) in [5, 5.41) is 6.64. The van der Waals surface area contributed by atoms with Crippen LogP contribution < -0.4 is 10.6 Å². The molecule has 0 spiro atoms. The van der Waals surface area contributed by atoms with Crippen LogP contribution in [0.2, 0.25) is 0 Å². The summed E-state index contributed by atoms with van der Waals surface area (Å²) in [6, 6.07) is 6.04. The van der Waals surface area contributed by atoms with Crippen molar-refractivity contribution in [2.45, 2.75) is 33.2 Å². The van der Waals surface area contributed by atoms with Gasteiger partial charge in [0.25, 0.3) is 0 Å². The van der Waals surface area contributed by atoms with Crippen molar-refractivity contribution in [1.29, 1.82) is 0 Å². The minimum atomic E-state index is 0.627. The minimum Gasteiger partial charge on any atom is -0.357 e. The number of nitrogens with zero attached hydrogens (tertiary/aromatic N) is 2. The lowest BCUT2D eigenvalue weighted by Crippen LogP contribution is -2.38. The molecular weight excluding hydrogens is 224 g/mol. The van der Waals surface area contributed by atoms with E-state index in [-0.39, 0.29) is 0 Å². The van der Waals surface area contributed by atoms with Crippen LogP contribution in [0, 0.1) is 12.8 Å². The first-order valence-electron chi connectivity index (χ1n) is 6.72. The van der Waals surface area contributed by atoms with Gasteiger partial charge in [-0.05, 0) is 44.7 Å². The van der Waals surface area contributed by atoms with Gasteiger partial charge in [0.2, 0.25) is 0 Å². The number of pyridine rings is 1. The van der Waals surface area contributed by atoms with E-state index in [0.29, 0.717) is 6.54 Å². The number of nitrogens with one attached hydrogen (secondary N) is 2. The van der Waals surface area contributed by atoms with Crippen molar-refractivity contribution in [3.8, 4) is 0 Å². The minimum absolute atomic E-state index is 0.627. The van der Waals surface area contributed by atoms with Gasteiger partial charge in [-0.1, -0.05) is 6.07 Å². The van der Waals surface area contributed by atoms with Crippen LogP contribution in [0.5, 0.6) is 0 Å². The lowest BCUT2D eigenvalue weighted by Gasteiger charge is -2.10. The van der Waals surface area contributed by atoms with Crippen LogP contribution >= 0.6 is 0 Å². The molecule has 1 aliphatic rings. The maximum atomic E-state index is 4.56. The van der Waals surface area contributed by atoms with Gasteiger partial charge in [0.05, 0.1) is 12.2 Å². The Hall–Kier alpha value is -1.58. The Balaban J connectivity index is 1.89. The molecule has 0 radical (unpaired) electrons. The van der Waals surface area contributed by atoms with Crippen LogP contribution in [0.3, 0.4) is 0 Å². The fourth-order valence-electron chi connectivity index (χ4n) is 1.75. The summed E-state index contributed by atoms with van der Waals surface area (Å²) in [6.07, 6.45) is 2.71. The average Bonchev–Trinajstić information content (AvgIpc) is 3.17. The van der Waals surface area contributed by atoms with E-state index in [1.165, 1.54) is 12.8 Å². The third-order valence-corrected chi connectivity index (χ3v) is 2.94. The largest absolute Gasteiger partial charge is 0.357 e. The van der Waals surface area contributed by atoms with E-state index in [9.17, 15) is 0 Å². The summed E-state index contributed by atoms with van der Waals surface area (Å²) in [7, 11) is 0.